The maximum absolute atomic E-state index is 14.0. The first kappa shape index (κ1) is 18.9. The number of anilines is 2. The Morgan fingerprint density at radius 2 is 2.00 bits per heavy atom. The fraction of sp³-hybridized carbons (Fsp3) is 0.150. The second-order valence-corrected chi connectivity index (χ2v) is 6.88. The van der Waals surface area contributed by atoms with Gasteiger partial charge < -0.3 is 14.6 Å². The van der Waals surface area contributed by atoms with Crippen LogP contribution in [-0.4, -0.2) is 31.4 Å². The van der Waals surface area contributed by atoms with Gasteiger partial charge in [0.15, 0.2) is 5.82 Å². The highest BCUT2D eigenvalue weighted by Crippen LogP contribution is 2.30. The maximum Gasteiger partial charge on any atom is 0.226 e. The maximum atomic E-state index is 14.0. The Labute approximate surface area is 171 Å². The minimum Gasteiger partial charge on any atom is -0.495 e. The monoisotopic (exact) mass is 412 g/mol. The van der Waals surface area contributed by atoms with Crippen LogP contribution in [0.4, 0.5) is 16.0 Å². The first-order chi connectivity index (χ1) is 13.9. The Hall–Kier alpha value is -3.39. The van der Waals surface area contributed by atoms with E-state index < -0.39 is 5.82 Å². The minimum atomic E-state index is -0.430. The van der Waals surface area contributed by atoms with Gasteiger partial charge in [0, 0.05) is 23.8 Å². The Morgan fingerprint density at radius 3 is 2.72 bits per heavy atom. The van der Waals surface area contributed by atoms with Crippen molar-refractivity contribution in [2.75, 3.05) is 12.4 Å². The van der Waals surface area contributed by atoms with Crippen molar-refractivity contribution < 1.29 is 9.13 Å². The standard InChI is InChI=1S/C20H18ClFN6O/c1-12-10-28(11-23-12)17-7-4-13(8-18(17)29-3)19-25-20(27(2)26-19)24-16-9-14(21)5-6-15(16)22/h4-11H,1-3H3,(H,24,25,26). The van der Waals surface area contributed by atoms with Gasteiger partial charge in [-0.05, 0) is 43.3 Å². The van der Waals surface area contributed by atoms with E-state index in [0.29, 0.717) is 22.5 Å². The third kappa shape index (κ3) is 3.79. The molecule has 1 N–H and O–H groups in total. The predicted molar refractivity (Wildman–Crippen MR) is 110 cm³/mol. The summed E-state index contributed by atoms with van der Waals surface area (Å²) >= 11 is 5.95. The first-order valence-corrected chi connectivity index (χ1v) is 9.15. The van der Waals surface area contributed by atoms with Gasteiger partial charge in [-0.2, -0.15) is 4.98 Å². The number of nitrogens with zero attached hydrogens (tertiary/aromatic N) is 5. The molecule has 0 spiro atoms. The van der Waals surface area contributed by atoms with Gasteiger partial charge in [0.1, 0.15) is 11.6 Å². The minimum absolute atomic E-state index is 0.225. The molecular formula is C20H18ClFN6O. The Bertz CT molecular complexity index is 1190. The number of rotatable bonds is 5. The summed E-state index contributed by atoms with van der Waals surface area (Å²) in [6.07, 6.45) is 3.64. The van der Waals surface area contributed by atoms with Gasteiger partial charge in [0.2, 0.25) is 5.95 Å². The fourth-order valence-corrected chi connectivity index (χ4v) is 3.08. The van der Waals surface area contributed by atoms with E-state index in [1.165, 1.54) is 22.9 Å². The van der Waals surface area contributed by atoms with Crippen LogP contribution in [0.25, 0.3) is 17.1 Å². The molecule has 0 atom stereocenters. The molecule has 7 nitrogen and oxygen atoms in total. The smallest absolute Gasteiger partial charge is 0.226 e. The number of benzene rings is 2. The zero-order valence-electron chi connectivity index (χ0n) is 16.0. The average Bonchev–Trinajstić information content (AvgIpc) is 3.30. The van der Waals surface area contributed by atoms with Crippen LogP contribution >= 0.6 is 11.6 Å². The first-order valence-electron chi connectivity index (χ1n) is 8.77. The lowest BCUT2D eigenvalue weighted by molar-refractivity contribution is 0.413. The van der Waals surface area contributed by atoms with Crippen LogP contribution < -0.4 is 10.1 Å². The van der Waals surface area contributed by atoms with E-state index in [1.54, 1.807) is 20.5 Å². The Morgan fingerprint density at radius 1 is 1.17 bits per heavy atom. The van der Waals surface area contributed by atoms with E-state index in [2.05, 4.69) is 20.4 Å². The number of hydrogen-bond donors (Lipinski definition) is 1. The summed E-state index contributed by atoms with van der Waals surface area (Å²) in [5.41, 5.74) is 2.75. The van der Waals surface area contributed by atoms with Crippen LogP contribution in [0, 0.1) is 12.7 Å². The highest BCUT2D eigenvalue weighted by atomic mass is 35.5. The number of halogens is 2. The third-order valence-corrected chi connectivity index (χ3v) is 4.60. The molecule has 4 rings (SSSR count). The molecule has 0 unspecified atom stereocenters. The molecule has 4 aromatic rings. The number of hydrogen-bond acceptors (Lipinski definition) is 5. The van der Waals surface area contributed by atoms with Crippen molar-refractivity contribution >= 4 is 23.2 Å². The van der Waals surface area contributed by atoms with E-state index >= 15 is 0 Å². The van der Waals surface area contributed by atoms with Crippen LogP contribution in [0.5, 0.6) is 5.75 Å². The molecule has 148 valence electrons. The van der Waals surface area contributed by atoms with E-state index in [-0.39, 0.29) is 5.69 Å². The molecule has 2 aromatic heterocycles. The summed E-state index contributed by atoms with van der Waals surface area (Å²) in [7, 11) is 3.33. The van der Waals surface area contributed by atoms with E-state index in [1.807, 2.05) is 35.9 Å². The number of aromatic nitrogens is 5. The summed E-state index contributed by atoms with van der Waals surface area (Å²) in [4.78, 5) is 8.73. The van der Waals surface area contributed by atoms with E-state index in [9.17, 15) is 4.39 Å². The Balaban J connectivity index is 1.67. The second kappa shape index (κ2) is 7.56. The van der Waals surface area contributed by atoms with Crippen molar-refractivity contribution in [2.24, 2.45) is 7.05 Å². The molecule has 0 bridgehead atoms. The summed E-state index contributed by atoms with van der Waals surface area (Å²) in [5.74, 6) is 1.09. The van der Waals surface area contributed by atoms with Crippen LogP contribution in [-0.2, 0) is 7.05 Å². The predicted octanol–water partition coefficient (Wildman–Crippen LogP) is 4.52. The van der Waals surface area contributed by atoms with Gasteiger partial charge in [-0.1, -0.05) is 11.6 Å². The molecule has 0 fully saturated rings. The second-order valence-electron chi connectivity index (χ2n) is 6.44. The number of nitrogens with one attached hydrogen (secondary N) is 1. The van der Waals surface area contributed by atoms with Crippen molar-refractivity contribution in [2.45, 2.75) is 6.92 Å². The molecule has 0 aliphatic carbocycles. The molecule has 2 heterocycles. The van der Waals surface area contributed by atoms with Crippen LogP contribution in [0.1, 0.15) is 5.69 Å². The van der Waals surface area contributed by atoms with Crippen molar-refractivity contribution in [3.05, 3.63) is 65.5 Å². The van der Waals surface area contributed by atoms with Gasteiger partial charge >= 0.3 is 0 Å². The number of ether oxygens (including phenoxy) is 1. The molecule has 2 aromatic carbocycles. The normalized spacial score (nSPS) is 10.9. The molecule has 29 heavy (non-hydrogen) atoms. The topological polar surface area (TPSA) is 69.8 Å². The van der Waals surface area contributed by atoms with Gasteiger partial charge in [-0.15, -0.1) is 5.10 Å². The van der Waals surface area contributed by atoms with E-state index in [4.69, 9.17) is 16.3 Å². The third-order valence-electron chi connectivity index (χ3n) is 4.37. The van der Waals surface area contributed by atoms with Crippen LogP contribution in [0.15, 0.2) is 48.9 Å². The van der Waals surface area contributed by atoms with Gasteiger partial charge in [0.25, 0.3) is 0 Å². The molecule has 9 heteroatoms. The fourth-order valence-electron chi connectivity index (χ4n) is 2.91. The number of methoxy groups -OCH3 is 1. The largest absolute Gasteiger partial charge is 0.495 e. The van der Waals surface area contributed by atoms with Gasteiger partial charge in [0.05, 0.1) is 30.5 Å². The van der Waals surface area contributed by atoms with Crippen molar-refractivity contribution in [3.63, 3.8) is 0 Å². The lowest BCUT2D eigenvalue weighted by Gasteiger charge is -2.10. The molecule has 0 aliphatic rings. The molecule has 0 saturated heterocycles. The van der Waals surface area contributed by atoms with Gasteiger partial charge in [-0.25, -0.2) is 14.1 Å². The lowest BCUT2D eigenvalue weighted by Crippen LogP contribution is -2.01. The van der Waals surface area contributed by atoms with Crippen molar-refractivity contribution in [3.8, 4) is 22.8 Å². The SMILES string of the molecule is COc1cc(-c2nc(Nc3cc(Cl)ccc3F)n(C)n2)ccc1-n1cnc(C)c1. The summed E-state index contributed by atoms with van der Waals surface area (Å²) < 4.78 is 23.0. The molecule has 0 radical (unpaired) electrons. The van der Waals surface area contributed by atoms with E-state index in [0.717, 1.165) is 16.9 Å². The van der Waals surface area contributed by atoms with Crippen LogP contribution in [0.2, 0.25) is 5.02 Å². The Kier molecular flexibility index (Phi) is 4.94. The molecule has 0 saturated carbocycles. The summed E-state index contributed by atoms with van der Waals surface area (Å²) in [5, 5.41) is 7.77. The zero-order chi connectivity index (χ0) is 20.5. The highest BCUT2D eigenvalue weighted by molar-refractivity contribution is 6.30. The van der Waals surface area contributed by atoms with Gasteiger partial charge in [-0.3, -0.25) is 0 Å². The summed E-state index contributed by atoms with van der Waals surface area (Å²) in [6.45, 7) is 1.92. The summed E-state index contributed by atoms with van der Waals surface area (Å²) in [6, 6.07) is 9.94. The number of aryl methyl sites for hydroxylation is 2. The highest BCUT2D eigenvalue weighted by Gasteiger charge is 2.14. The van der Waals surface area contributed by atoms with Crippen molar-refractivity contribution in [1.29, 1.82) is 0 Å². The molecular weight excluding hydrogens is 395 g/mol. The zero-order valence-corrected chi connectivity index (χ0v) is 16.8. The number of imidazole rings is 1. The van der Waals surface area contributed by atoms with Crippen molar-refractivity contribution in [1.82, 2.24) is 24.3 Å². The molecule has 0 aliphatic heterocycles. The average molecular weight is 413 g/mol. The quantitative estimate of drug-likeness (QED) is 0.522. The lowest BCUT2D eigenvalue weighted by atomic mass is 10.1. The molecule has 0 amide bonds. The van der Waals surface area contributed by atoms with Crippen LogP contribution in [0.3, 0.4) is 0 Å².